The van der Waals surface area contributed by atoms with Crippen molar-refractivity contribution in [2.24, 2.45) is 11.7 Å². The second kappa shape index (κ2) is 10.0. The van der Waals surface area contributed by atoms with E-state index in [0.29, 0.717) is 19.0 Å². The van der Waals surface area contributed by atoms with Crippen LogP contribution >= 0.6 is 0 Å². The highest BCUT2D eigenvalue weighted by Gasteiger charge is 2.26. The van der Waals surface area contributed by atoms with Crippen LogP contribution in [-0.4, -0.2) is 29.9 Å². The van der Waals surface area contributed by atoms with Gasteiger partial charge in [0.05, 0.1) is 12.5 Å². The van der Waals surface area contributed by atoms with Crippen molar-refractivity contribution in [2.75, 3.05) is 13.1 Å². The summed E-state index contributed by atoms with van der Waals surface area (Å²) in [4.78, 5) is 25.9. The molecule has 1 aliphatic heterocycles. The van der Waals surface area contributed by atoms with Crippen molar-refractivity contribution in [3.63, 3.8) is 0 Å². The number of likely N-dealkylation sites (tertiary alicyclic amines) is 1. The normalized spacial score (nSPS) is 15.7. The Morgan fingerprint density at radius 3 is 2.38 bits per heavy atom. The quantitative estimate of drug-likeness (QED) is 0.746. The fourth-order valence-electron chi connectivity index (χ4n) is 3.96. The third kappa shape index (κ3) is 6.04. The van der Waals surface area contributed by atoms with Crippen molar-refractivity contribution in [3.8, 4) is 0 Å². The Balaban J connectivity index is 1.52. The predicted octanol–water partition coefficient (Wildman–Crippen LogP) is 3.80. The Bertz CT molecular complexity index is 820. The maximum absolute atomic E-state index is 14.1. The zero-order chi connectivity index (χ0) is 20.6. The van der Waals surface area contributed by atoms with Gasteiger partial charge in [0.1, 0.15) is 5.82 Å². The molecule has 0 radical (unpaired) electrons. The average molecular weight is 397 g/mol. The summed E-state index contributed by atoms with van der Waals surface area (Å²) in [5.41, 5.74) is 6.86. The van der Waals surface area contributed by atoms with Gasteiger partial charge in [0.25, 0.3) is 0 Å². The van der Waals surface area contributed by atoms with Gasteiger partial charge < -0.3 is 16.0 Å². The Morgan fingerprint density at radius 2 is 1.72 bits per heavy atom. The number of piperidine rings is 1. The van der Waals surface area contributed by atoms with E-state index in [9.17, 15) is 14.0 Å². The molecule has 29 heavy (non-hydrogen) atoms. The molecule has 1 heterocycles. The fraction of sp³-hybridized carbons (Fsp3) is 0.391. The molecule has 3 amide bonds. The van der Waals surface area contributed by atoms with E-state index in [4.69, 9.17) is 5.73 Å². The molecule has 1 aliphatic rings. The molecule has 0 spiro atoms. The van der Waals surface area contributed by atoms with Gasteiger partial charge in [-0.25, -0.2) is 9.18 Å². The van der Waals surface area contributed by atoms with Crippen molar-refractivity contribution >= 4 is 11.9 Å². The largest absolute Gasteiger partial charge is 0.352 e. The van der Waals surface area contributed by atoms with Gasteiger partial charge in [0.15, 0.2) is 0 Å². The van der Waals surface area contributed by atoms with Gasteiger partial charge >= 0.3 is 6.03 Å². The number of amides is 3. The first-order valence-electron chi connectivity index (χ1n) is 10.1. The molecule has 154 valence electrons. The molecule has 0 aliphatic carbocycles. The summed E-state index contributed by atoms with van der Waals surface area (Å²) in [6.07, 6.45) is 4.10. The third-order valence-electron chi connectivity index (χ3n) is 5.63. The first kappa shape index (κ1) is 20.8. The van der Waals surface area contributed by atoms with E-state index >= 15 is 0 Å². The van der Waals surface area contributed by atoms with Gasteiger partial charge in [-0.3, -0.25) is 4.79 Å². The molecule has 0 aromatic heterocycles. The third-order valence-corrected chi connectivity index (χ3v) is 5.63. The maximum Gasteiger partial charge on any atom is 0.312 e. The molecular weight excluding hydrogens is 369 g/mol. The summed E-state index contributed by atoms with van der Waals surface area (Å²) >= 11 is 0. The number of nitrogens with two attached hydrogens (primary N) is 1. The summed E-state index contributed by atoms with van der Waals surface area (Å²) < 4.78 is 14.1. The van der Waals surface area contributed by atoms with Crippen molar-refractivity contribution in [1.29, 1.82) is 0 Å². The van der Waals surface area contributed by atoms with E-state index in [2.05, 4.69) is 29.6 Å². The number of rotatable bonds is 7. The molecule has 3 N–H and O–H groups in total. The summed E-state index contributed by atoms with van der Waals surface area (Å²) in [5.74, 6) is 0.0533. The van der Waals surface area contributed by atoms with E-state index in [1.54, 1.807) is 18.2 Å². The molecular formula is C23H28FN3O2. The molecule has 3 rings (SSSR count). The Labute approximate surface area is 171 Å². The van der Waals surface area contributed by atoms with Crippen LogP contribution in [0.2, 0.25) is 0 Å². The van der Waals surface area contributed by atoms with Gasteiger partial charge in [-0.1, -0.05) is 48.5 Å². The second-order valence-corrected chi connectivity index (χ2v) is 7.64. The fourth-order valence-corrected chi connectivity index (χ4v) is 3.96. The highest BCUT2D eigenvalue weighted by atomic mass is 19.1. The van der Waals surface area contributed by atoms with E-state index in [1.165, 1.54) is 11.6 Å². The number of benzene rings is 2. The highest BCUT2D eigenvalue weighted by molar-refractivity contribution is 5.79. The first-order valence-corrected chi connectivity index (χ1v) is 10.1. The van der Waals surface area contributed by atoms with Crippen LogP contribution in [0, 0.1) is 11.7 Å². The lowest BCUT2D eigenvalue weighted by atomic mass is 9.90. The minimum absolute atomic E-state index is 0.00143. The number of primary amides is 1. The van der Waals surface area contributed by atoms with Crippen molar-refractivity contribution in [1.82, 2.24) is 10.2 Å². The van der Waals surface area contributed by atoms with Crippen LogP contribution in [0.1, 0.15) is 42.9 Å². The van der Waals surface area contributed by atoms with Crippen molar-refractivity contribution < 1.29 is 14.0 Å². The molecule has 5 nitrogen and oxygen atoms in total. The first-order chi connectivity index (χ1) is 14.0. The second-order valence-electron chi connectivity index (χ2n) is 7.64. The number of carbonyl (C=O) groups is 2. The van der Waals surface area contributed by atoms with E-state index in [0.717, 1.165) is 25.7 Å². The topological polar surface area (TPSA) is 75.4 Å². The number of urea groups is 1. The monoisotopic (exact) mass is 397 g/mol. The molecule has 1 atom stereocenters. The zero-order valence-corrected chi connectivity index (χ0v) is 16.5. The SMILES string of the molecule is NC(=O)NC(CC(=O)N1CCC(CCc2ccccc2)CC1)c1ccccc1F. The van der Waals surface area contributed by atoms with E-state index in [1.807, 2.05) is 11.0 Å². The molecule has 1 unspecified atom stereocenters. The number of halogens is 1. The number of hydrogen-bond acceptors (Lipinski definition) is 2. The number of hydrogen-bond donors (Lipinski definition) is 2. The van der Waals surface area contributed by atoms with E-state index in [-0.39, 0.29) is 17.9 Å². The van der Waals surface area contributed by atoms with Crippen molar-refractivity contribution in [3.05, 3.63) is 71.5 Å². The molecule has 0 saturated carbocycles. The Kier molecular flexibility index (Phi) is 7.22. The smallest absolute Gasteiger partial charge is 0.312 e. The lowest BCUT2D eigenvalue weighted by molar-refractivity contribution is -0.133. The summed E-state index contributed by atoms with van der Waals surface area (Å²) in [6, 6.07) is 15.0. The predicted molar refractivity (Wildman–Crippen MR) is 111 cm³/mol. The molecule has 1 fully saturated rings. The van der Waals surface area contributed by atoms with Gasteiger partial charge in [0, 0.05) is 18.7 Å². The molecule has 1 saturated heterocycles. The number of carbonyl (C=O) groups excluding carboxylic acids is 2. The molecule has 2 aromatic carbocycles. The van der Waals surface area contributed by atoms with E-state index < -0.39 is 17.9 Å². The Hall–Kier alpha value is -2.89. The number of nitrogens with one attached hydrogen (secondary N) is 1. The standard InChI is InChI=1S/C23H28FN3O2/c24-20-9-5-4-8-19(20)21(26-23(25)29)16-22(28)27-14-12-18(13-15-27)11-10-17-6-2-1-3-7-17/h1-9,18,21H,10-16H2,(H3,25,26,29). The van der Waals surface area contributed by atoms with Crippen LogP contribution in [0.3, 0.4) is 0 Å². The van der Waals surface area contributed by atoms with Gasteiger partial charge in [-0.15, -0.1) is 0 Å². The van der Waals surface area contributed by atoms with Crippen molar-refractivity contribution in [2.45, 2.75) is 38.1 Å². The minimum atomic E-state index is -0.773. The molecule has 0 bridgehead atoms. The summed E-state index contributed by atoms with van der Waals surface area (Å²) in [7, 11) is 0. The maximum atomic E-state index is 14.1. The lowest BCUT2D eigenvalue weighted by Gasteiger charge is -2.33. The van der Waals surface area contributed by atoms with Crippen LogP contribution in [-0.2, 0) is 11.2 Å². The van der Waals surface area contributed by atoms with Crippen LogP contribution in [0.4, 0.5) is 9.18 Å². The van der Waals surface area contributed by atoms with Crippen LogP contribution in [0.25, 0.3) is 0 Å². The number of aryl methyl sites for hydroxylation is 1. The average Bonchev–Trinajstić information content (AvgIpc) is 2.73. The Morgan fingerprint density at radius 1 is 1.07 bits per heavy atom. The highest BCUT2D eigenvalue weighted by Crippen LogP contribution is 2.25. The summed E-state index contributed by atoms with van der Waals surface area (Å²) in [6.45, 7) is 1.39. The molecule has 6 heteroatoms. The van der Waals surface area contributed by atoms with Gasteiger partial charge in [-0.2, -0.15) is 0 Å². The molecule has 2 aromatic rings. The zero-order valence-electron chi connectivity index (χ0n) is 16.5. The van der Waals surface area contributed by atoms with Crippen LogP contribution < -0.4 is 11.1 Å². The number of nitrogens with zero attached hydrogens (tertiary/aromatic N) is 1. The van der Waals surface area contributed by atoms with Crippen LogP contribution in [0.15, 0.2) is 54.6 Å². The minimum Gasteiger partial charge on any atom is -0.352 e. The van der Waals surface area contributed by atoms with Gasteiger partial charge in [0.2, 0.25) is 5.91 Å². The lowest BCUT2D eigenvalue weighted by Crippen LogP contribution is -2.42. The van der Waals surface area contributed by atoms with Gasteiger partial charge in [-0.05, 0) is 43.2 Å². The van der Waals surface area contributed by atoms with Crippen LogP contribution in [0.5, 0.6) is 0 Å². The summed E-state index contributed by atoms with van der Waals surface area (Å²) in [5, 5.41) is 2.51.